The Morgan fingerprint density at radius 3 is 2.96 bits per heavy atom. The van der Waals surface area contributed by atoms with E-state index in [1.807, 2.05) is 0 Å². The highest BCUT2D eigenvalue weighted by atomic mass is 32.2. The maximum absolute atomic E-state index is 13.8. The molecule has 0 saturated carbocycles. The Kier molecular flexibility index (Phi) is 4.54. The fourth-order valence-corrected chi connectivity index (χ4v) is 4.37. The zero-order valence-corrected chi connectivity index (χ0v) is 13.9. The second-order valence-electron chi connectivity index (χ2n) is 5.85. The van der Waals surface area contributed by atoms with E-state index in [0.29, 0.717) is 13.0 Å². The zero-order valence-electron chi connectivity index (χ0n) is 13.1. The minimum absolute atomic E-state index is 0.117. The Morgan fingerprint density at radius 1 is 1.48 bits per heavy atom. The molecular weight excluding hydrogens is 325 g/mol. The number of pyridine rings is 1. The van der Waals surface area contributed by atoms with Crippen molar-refractivity contribution in [2.45, 2.75) is 31.1 Å². The number of aromatic nitrogens is 1. The minimum Gasteiger partial charge on any atom is -0.468 e. The van der Waals surface area contributed by atoms with Crippen LogP contribution in [-0.4, -0.2) is 67.5 Å². The van der Waals surface area contributed by atoms with Crippen molar-refractivity contribution in [3.63, 3.8) is 0 Å². The molecule has 1 aromatic heterocycles. The van der Waals surface area contributed by atoms with Gasteiger partial charge in [0.25, 0.3) is 16.1 Å². The van der Waals surface area contributed by atoms with Gasteiger partial charge >= 0.3 is 0 Å². The van der Waals surface area contributed by atoms with E-state index >= 15 is 0 Å². The van der Waals surface area contributed by atoms with Crippen LogP contribution in [0, 0.1) is 5.82 Å². The Bertz CT molecular complexity index is 670. The number of rotatable bonds is 4. The summed E-state index contributed by atoms with van der Waals surface area (Å²) in [6, 6.07) is 2.43. The van der Waals surface area contributed by atoms with E-state index in [-0.39, 0.29) is 18.5 Å². The topological polar surface area (TPSA) is 72.0 Å². The van der Waals surface area contributed by atoms with Gasteiger partial charge in [0.2, 0.25) is 0 Å². The molecule has 2 aliphatic heterocycles. The average Bonchev–Trinajstić information content (AvgIpc) is 2.89. The molecule has 7 nitrogen and oxygen atoms in total. The SMILES string of the molecule is CN(C)S(=O)(=O)N1C[C@@H](Oc2ncccc2F)[C@H]2OCCC[C@H]21. The van der Waals surface area contributed by atoms with E-state index in [4.69, 9.17) is 9.47 Å². The van der Waals surface area contributed by atoms with E-state index in [1.54, 1.807) is 0 Å². The highest BCUT2D eigenvalue weighted by Crippen LogP contribution is 2.33. The third-order valence-corrected chi connectivity index (χ3v) is 6.11. The van der Waals surface area contributed by atoms with Gasteiger partial charge in [-0.1, -0.05) is 0 Å². The van der Waals surface area contributed by atoms with Crippen LogP contribution in [0.1, 0.15) is 12.8 Å². The standard InChI is InChI=1S/C14H20FN3O4S/c1-17(2)23(19,20)18-9-12(13-11(18)6-4-8-21-13)22-14-10(15)5-3-7-16-14/h3,5,7,11-13H,4,6,8-9H2,1-2H3/t11-,12-,13+/m1/s1. The molecule has 23 heavy (non-hydrogen) atoms. The Morgan fingerprint density at radius 2 is 2.26 bits per heavy atom. The van der Waals surface area contributed by atoms with Crippen molar-refractivity contribution in [2.75, 3.05) is 27.2 Å². The lowest BCUT2D eigenvalue weighted by Gasteiger charge is -2.32. The fraction of sp³-hybridized carbons (Fsp3) is 0.643. The fourth-order valence-electron chi connectivity index (χ4n) is 3.05. The summed E-state index contributed by atoms with van der Waals surface area (Å²) in [4.78, 5) is 3.87. The molecule has 0 aromatic carbocycles. The van der Waals surface area contributed by atoms with Crippen LogP contribution in [0.5, 0.6) is 5.88 Å². The molecule has 0 N–H and O–H groups in total. The number of ether oxygens (including phenoxy) is 2. The monoisotopic (exact) mass is 345 g/mol. The molecule has 0 amide bonds. The van der Waals surface area contributed by atoms with E-state index in [2.05, 4.69) is 4.98 Å². The Balaban J connectivity index is 1.86. The molecule has 1 aromatic rings. The molecule has 0 spiro atoms. The summed E-state index contributed by atoms with van der Waals surface area (Å²) in [5.74, 6) is -0.705. The van der Waals surface area contributed by atoms with Crippen LogP contribution in [0.3, 0.4) is 0 Å². The van der Waals surface area contributed by atoms with Crippen LogP contribution in [0.2, 0.25) is 0 Å². The summed E-state index contributed by atoms with van der Waals surface area (Å²) in [5.41, 5.74) is 0. The molecule has 2 fully saturated rings. The van der Waals surface area contributed by atoms with Crippen molar-refractivity contribution in [2.24, 2.45) is 0 Å². The molecule has 0 unspecified atom stereocenters. The molecule has 2 saturated heterocycles. The van der Waals surface area contributed by atoms with Crippen LogP contribution < -0.4 is 4.74 Å². The molecule has 128 valence electrons. The Hall–Kier alpha value is -1.29. The van der Waals surface area contributed by atoms with Crippen molar-refractivity contribution < 1.29 is 22.3 Å². The molecule has 3 heterocycles. The van der Waals surface area contributed by atoms with Crippen molar-refractivity contribution in [3.05, 3.63) is 24.1 Å². The third kappa shape index (κ3) is 3.06. The first-order valence-corrected chi connectivity index (χ1v) is 8.89. The van der Waals surface area contributed by atoms with E-state index in [0.717, 1.165) is 6.42 Å². The van der Waals surface area contributed by atoms with Gasteiger partial charge in [-0.3, -0.25) is 0 Å². The number of fused-ring (bicyclic) bond motifs is 1. The smallest absolute Gasteiger partial charge is 0.281 e. The van der Waals surface area contributed by atoms with E-state index in [9.17, 15) is 12.8 Å². The summed E-state index contributed by atoms with van der Waals surface area (Å²) < 4.78 is 52.7. The molecule has 0 aliphatic carbocycles. The normalized spacial score (nSPS) is 28.8. The Labute approximate surface area is 135 Å². The van der Waals surface area contributed by atoms with Crippen LogP contribution >= 0.6 is 0 Å². The van der Waals surface area contributed by atoms with Gasteiger partial charge in [0, 0.05) is 26.9 Å². The summed E-state index contributed by atoms with van der Waals surface area (Å²) in [5, 5.41) is 0. The second-order valence-corrected chi connectivity index (χ2v) is 7.95. The molecule has 0 radical (unpaired) electrons. The number of nitrogens with zero attached hydrogens (tertiary/aromatic N) is 3. The lowest BCUT2D eigenvalue weighted by atomic mass is 10.0. The summed E-state index contributed by atoms with van der Waals surface area (Å²) in [7, 11) is -0.616. The first-order chi connectivity index (χ1) is 10.9. The first kappa shape index (κ1) is 16.6. The predicted octanol–water partition coefficient (Wildman–Crippen LogP) is 0.638. The highest BCUT2D eigenvalue weighted by Gasteiger charge is 2.50. The van der Waals surface area contributed by atoms with E-state index < -0.39 is 28.2 Å². The molecule has 3 atom stereocenters. The highest BCUT2D eigenvalue weighted by molar-refractivity contribution is 7.86. The molecule has 0 bridgehead atoms. The van der Waals surface area contributed by atoms with Crippen LogP contribution in [0.15, 0.2) is 18.3 Å². The first-order valence-electron chi connectivity index (χ1n) is 7.49. The van der Waals surface area contributed by atoms with Gasteiger partial charge in [-0.05, 0) is 25.0 Å². The van der Waals surface area contributed by atoms with Gasteiger partial charge in [0.05, 0.1) is 12.6 Å². The average molecular weight is 345 g/mol. The maximum Gasteiger partial charge on any atom is 0.281 e. The van der Waals surface area contributed by atoms with Crippen LogP contribution in [0.25, 0.3) is 0 Å². The van der Waals surface area contributed by atoms with Gasteiger partial charge in [0.15, 0.2) is 5.82 Å². The second kappa shape index (κ2) is 6.31. The molecular formula is C14H20FN3O4S. The minimum atomic E-state index is -3.59. The van der Waals surface area contributed by atoms with Gasteiger partial charge in [-0.15, -0.1) is 0 Å². The van der Waals surface area contributed by atoms with Crippen molar-refractivity contribution in [3.8, 4) is 5.88 Å². The quantitative estimate of drug-likeness (QED) is 0.801. The summed E-state index contributed by atoms with van der Waals surface area (Å²) >= 11 is 0. The van der Waals surface area contributed by atoms with Gasteiger partial charge in [0.1, 0.15) is 12.2 Å². The van der Waals surface area contributed by atoms with Crippen molar-refractivity contribution in [1.29, 1.82) is 0 Å². The molecule has 3 rings (SSSR count). The van der Waals surface area contributed by atoms with Gasteiger partial charge < -0.3 is 9.47 Å². The predicted molar refractivity (Wildman–Crippen MR) is 80.7 cm³/mol. The van der Waals surface area contributed by atoms with Crippen LogP contribution in [-0.2, 0) is 14.9 Å². The summed E-state index contributed by atoms with van der Waals surface area (Å²) in [6.45, 7) is 0.660. The maximum atomic E-state index is 13.8. The van der Waals surface area contributed by atoms with Crippen molar-refractivity contribution in [1.82, 2.24) is 13.6 Å². The molecule has 9 heteroatoms. The number of halogens is 1. The number of hydrogen-bond donors (Lipinski definition) is 0. The van der Waals surface area contributed by atoms with Crippen LogP contribution in [0.4, 0.5) is 4.39 Å². The zero-order chi connectivity index (χ0) is 16.6. The lowest BCUT2D eigenvalue weighted by molar-refractivity contribution is -0.0436. The van der Waals surface area contributed by atoms with Gasteiger partial charge in [-0.2, -0.15) is 17.0 Å². The molecule has 2 aliphatic rings. The van der Waals surface area contributed by atoms with Gasteiger partial charge in [-0.25, -0.2) is 9.37 Å². The largest absolute Gasteiger partial charge is 0.468 e. The number of hydrogen-bond acceptors (Lipinski definition) is 5. The third-order valence-electron chi connectivity index (χ3n) is 4.18. The van der Waals surface area contributed by atoms with E-state index in [1.165, 1.54) is 41.0 Å². The van der Waals surface area contributed by atoms with Crippen molar-refractivity contribution >= 4 is 10.2 Å². The lowest BCUT2D eigenvalue weighted by Crippen LogP contribution is -2.47. The summed E-state index contributed by atoms with van der Waals surface area (Å²) in [6.07, 6.45) is 1.91.